The molecule has 1 fully saturated rings. The largest absolute Gasteiger partial charge is 0.497 e. The Hall–Kier alpha value is -2.70. The zero-order valence-electron chi connectivity index (χ0n) is 14.3. The predicted octanol–water partition coefficient (Wildman–Crippen LogP) is 1.79. The Labute approximate surface area is 142 Å². The summed E-state index contributed by atoms with van der Waals surface area (Å²) in [7, 11) is 3.26. The molecule has 1 atom stereocenters. The van der Waals surface area contributed by atoms with Crippen molar-refractivity contribution < 1.29 is 9.47 Å². The molecule has 2 N–H and O–H groups in total. The van der Waals surface area contributed by atoms with Gasteiger partial charge in [0.15, 0.2) is 0 Å². The van der Waals surface area contributed by atoms with Crippen LogP contribution in [0.2, 0.25) is 0 Å². The maximum atomic E-state index is 5.78. The van der Waals surface area contributed by atoms with Crippen LogP contribution in [0.3, 0.4) is 0 Å². The van der Waals surface area contributed by atoms with E-state index in [2.05, 4.69) is 38.8 Å². The number of benzene rings is 1. The lowest BCUT2D eigenvalue weighted by Gasteiger charge is -2.41. The SMILES string of the molecule is COc1ccc(N2CCN(c3cc(OC)nc(N)n3)[C@@H](C)C2)cc1. The van der Waals surface area contributed by atoms with E-state index in [1.807, 2.05) is 18.2 Å². The van der Waals surface area contributed by atoms with Gasteiger partial charge in [-0.1, -0.05) is 0 Å². The molecule has 1 aromatic heterocycles. The van der Waals surface area contributed by atoms with Crippen LogP contribution in [0.1, 0.15) is 6.92 Å². The van der Waals surface area contributed by atoms with Gasteiger partial charge in [-0.2, -0.15) is 9.97 Å². The van der Waals surface area contributed by atoms with E-state index in [0.717, 1.165) is 31.2 Å². The average Bonchev–Trinajstić information content (AvgIpc) is 2.61. The molecule has 24 heavy (non-hydrogen) atoms. The summed E-state index contributed by atoms with van der Waals surface area (Å²) in [6, 6.07) is 10.3. The van der Waals surface area contributed by atoms with E-state index in [0.29, 0.717) is 11.9 Å². The summed E-state index contributed by atoms with van der Waals surface area (Å²) in [4.78, 5) is 13.0. The Morgan fingerprint density at radius 3 is 2.46 bits per heavy atom. The van der Waals surface area contributed by atoms with Gasteiger partial charge in [0.2, 0.25) is 11.8 Å². The molecular weight excluding hydrogens is 306 g/mol. The monoisotopic (exact) mass is 329 g/mol. The van der Waals surface area contributed by atoms with E-state index in [-0.39, 0.29) is 5.95 Å². The molecule has 7 nitrogen and oxygen atoms in total. The first-order chi connectivity index (χ1) is 11.6. The molecule has 0 amide bonds. The fraction of sp³-hybridized carbons (Fsp3) is 0.412. The second-order valence-corrected chi connectivity index (χ2v) is 5.81. The summed E-state index contributed by atoms with van der Waals surface area (Å²) in [6.07, 6.45) is 0. The van der Waals surface area contributed by atoms with Crippen LogP contribution in [0.15, 0.2) is 30.3 Å². The number of anilines is 3. The fourth-order valence-corrected chi connectivity index (χ4v) is 3.01. The van der Waals surface area contributed by atoms with E-state index in [4.69, 9.17) is 15.2 Å². The average molecular weight is 329 g/mol. The molecule has 0 spiro atoms. The van der Waals surface area contributed by atoms with Crippen LogP contribution in [0.5, 0.6) is 11.6 Å². The lowest BCUT2D eigenvalue weighted by Crippen LogP contribution is -2.52. The zero-order valence-corrected chi connectivity index (χ0v) is 14.3. The molecule has 128 valence electrons. The number of hydrogen-bond donors (Lipinski definition) is 1. The molecule has 7 heteroatoms. The molecule has 0 unspecified atom stereocenters. The summed E-state index contributed by atoms with van der Waals surface area (Å²) in [5.74, 6) is 2.40. The van der Waals surface area contributed by atoms with Gasteiger partial charge in [-0.05, 0) is 31.2 Å². The number of ether oxygens (including phenoxy) is 2. The highest BCUT2D eigenvalue weighted by Crippen LogP contribution is 2.26. The molecule has 0 aliphatic carbocycles. The summed E-state index contributed by atoms with van der Waals surface area (Å²) >= 11 is 0. The molecular formula is C17H23N5O2. The van der Waals surface area contributed by atoms with Crippen molar-refractivity contribution in [1.29, 1.82) is 0 Å². The van der Waals surface area contributed by atoms with Gasteiger partial charge in [0, 0.05) is 37.4 Å². The topological polar surface area (TPSA) is 76.7 Å². The van der Waals surface area contributed by atoms with Crippen LogP contribution < -0.4 is 25.0 Å². The normalized spacial score (nSPS) is 17.7. The first kappa shape index (κ1) is 16.2. The highest BCUT2D eigenvalue weighted by atomic mass is 16.5. The Kier molecular flexibility index (Phi) is 4.59. The Morgan fingerprint density at radius 1 is 1.08 bits per heavy atom. The molecule has 1 aliphatic heterocycles. The second kappa shape index (κ2) is 6.82. The number of hydrogen-bond acceptors (Lipinski definition) is 7. The lowest BCUT2D eigenvalue weighted by atomic mass is 10.1. The lowest BCUT2D eigenvalue weighted by molar-refractivity contribution is 0.397. The van der Waals surface area contributed by atoms with Crippen molar-refractivity contribution in [3.05, 3.63) is 30.3 Å². The summed E-state index contributed by atoms with van der Waals surface area (Å²) < 4.78 is 10.4. The smallest absolute Gasteiger partial charge is 0.225 e. The van der Waals surface area contributed by atoms with Crippen molar-refractivity contribution in [3.63, 3.8) is 0 Å². The molecule has 2 aromatic rings. The third-order valence-electron chi connectivity index (χ3n) is 4.27. The third-order valence-corrected chi connectivity index (χ3v) is 4.27. The van der Waals surface area contributed by atoms with E-state index in [1.165, 1.54) is 5.69 Å². The summed E-state index contributed by atoms with van der Waals surface area (Å²) in [5, 5.41) is 0. The second-order valence-electron chi connectivity index (χ2n) is 5.81. The quantitative estimate of drug-likeness (QED) is 0.916. The van der Waals surface area contributed by atoms with Crippen LogP contribution in [0.25, 0.3) is 0 Å². The number of nitrogens with two attached hydrogens (primary N) is 1. The van der Waals surface area contributed by atoms with E-state index in [9.17, 15) is 0 Å². The van der Waals surface area contributed by atoms with Gasteiger partial charge in [0.05, 0.1) is 14.2 Å². The molecule has 3 rings (SSSR count). The number of aromatic nitrogens is 2. The predicted molar refractivity (Wildman–Crippen MR) is 95.0 cm³/mol. The first-order valence-corrected chi connectivity index (χ1v) is 7.95. The van der Waals surface area contributed by atoms with E-state index in [1.54, 1.807) is 14.2 Å². The van der Waals surface area contributed by atoms with Gasteiger partial charge in [-0.3, -0.25) is 0 Å². The number of methoxy groups -OCH3 is 2. The van der Waals surface area contributed by atoms with Gasteiger partial charge in [0.25, 0.3) is 0 Å². The van der Waals surface area contributed by atoms with Crippen molar-refractivity contribution in [2.24, 2.45) is 0 Å². The summed E-state index contributed by atoms with van der Waals surface area (Å²) in [5.41, 5.74) is 6.98. The summed E-state index contributed by atoms with van der Waals surface area (Å²) in [6.45, 7) is 4.84. The number of rotatable bonds is 4. The van der Waals surface area contributed by atoms with Crippen LogP contribution in [-0.2, 0) is 0 Å². The molecule has 0 bridgehead atoms. The van der Waals surface area contributed by atoms with Crippen LogP contribution in [0.4, 0.5) is 17.5 Å². The van der Waals surface area contributed by atoms with E-state index >= 15 is 0 Å². The minimum absolute atomic E-state index is 0.231. The van der Waals surface area contributed by atoms with Crippen molar-refractivity contribution in [1.82, 2.24) is 9.97 Å². The van der Waals surface area contributed by atoms with Gasteiger partial charge >= 0.3 is 0 Å². The van der Waals surface area contributed by atoms with E-state index < -0.39 is 0 Å². The number of nitrogen functional groups attached to an aromatic ring is 1. The molecule has 1 aromatic carbocycles. The molecule has 2 heterocycles. The Morgan fingerprint density at radius 2 is 1.83 bits per heavy atom. The highest BCUT2D eigenvalue weighted by Gasteiger charge is 2.25. The third kappa shape index (κ3) is 3.29. The Balaban J connectivity index is 1.74. The van der Waals surface area contributed by atoms with Gasteiger partial charge in [-0.25, -0.2) is 0 Å². The minimum Gasteiger partial charge on any atom is -0.497 e. The van der Waals surface area contributed by atoms with Crippen molar-refractivity contribution in [3.8, 4) is 11.6 Å². The van der Waals surface area contributed by atoms with Crippen LogP contribution in [-0.4, -0.2) is 49.9 Å². The number of piperazine rings is 1. The van der Waals surface area contributed by atoms with Crippen LogP contribution in [0, 0.1) is 0 Å². The molecule has 0 radical (unpaired) electrons. The van der Waals surface area contributed by atoms with Gasteiger partial charge in [-0.15, -0.1) is 0 Å². The molecule has 1 aliphatic rings. The minimum atomic E-state index is 0.231. The molecule has 1 saturated heterocycles. The number of nitrogens with zero attached hydrogens (tertiary/aromatic N) is 4. The molecule has 0 saturated carbocycles. The van der Waals surface area contributed by atoms with Gasteiger partial charge < -0.3 is 25.0 Å². The van der Waals surface area contributed by atoms with Crippen molar-refractivity contribution in [2.45, 2.75) is 13.0 Å². The maximum Gasteiger partial charge on any atom is 0.225 e. The van der Waals surface area contributed by atoms with Crippen molar-refractivity contribution >= 4 is 17.5 Å². The standard InChI is InChI=1S/C17H23N5O2/c1-12-11-21(13-4-6-14(23-2)7-5-13)8-9-22(12)15-10-16(24-3)20-17(18)19-15/h4-7,10,12H,8-9,11H2,1-3H3,(H2,18,19,20)/t12-/m0/s1. The van der Waals surface area contributed by atoms with Crippen molar-refractivity contribution in [2.75, 3.05) is 49.4 Å². The zero-order chi connectivity index (χ0) is 17.1. The van der Waals surface area contributed by atoms with Crippen LogP contribution >= 0.6 is 0 Å². The highest BCUT2D eigenvalue weighted by molar-refractivity contribution is 5.53. The fourth-order valence-electron chi connectivity index (χ4n) is 3.01. The maximum absolute atomic E-state index is 5.78. The Bertz CT molecular complexity index is 692. The first-order valence-electron chi connectivity index (χ1n) is 7.95. The van der Waals surface area contributed by atoms with Gasteiger partial charge in [0.1, 0.15) is 11.6 Å².